The Kier molecular flexibility index (Phi) is 3.15. The maximum atomic E-state index is 12.1. The number of likely N-dealkylation sites (tertiary alicyclic amines) is 1. The summed E-state index contributed by atoms with van der Waals surface area (Å²) in [5.74, 6) is -0.781. The van der Waals surface area contributed by atoms with Crippen LogP contribution in [0, 0.1) is 0 Å². The molecule has 0 bridgehead atoms. The topological polar surface area (TPSA) is 49.4 Å². The minimum absolute atomic E-state index is 0.0353. The second-order valence-corrected chi connectivity index (χ2v) is 3.34. The number of hydrogen-bond donors (Lipinski definition) is 1. The molecule has 0 aromatic heterocycles. The molecule has 4 nitrogen and oxygen atoms in total. The van der Waals surface area contributed by atoms with Crippen molar-refractivity contribution in [1.29, 1.82) is 0 Å². The smallest absolute Gasteiger partial charge is 0.253 e. The molecule has 0 aliphatic carbocycles. The van der Waals surface area contributed by atoms with Gasteiger partial charge in [-0.15, -0.1) is 0 Å². The summed E-state index contributed by atoms with van der Waals surface area (Å²) in [6.07, 6.45) is -2.57. The lowest BCUT2D eigenvalue weighted by Crippen LogP contribution is -2.44. The van der Waals surface area contributed by atoms with Crippen molar-refractivity contribution in [3.63, 3.8) is 0 Å². The number of halogens is 2. The Balaban J connectivity index is 2.55. The average Bonchev–Trinajstić information content (AvgIpc) is 2.33. The number of carbonyl (C=O) groups excluding carboxylic acids is 2. The van der Waals surface area contributed by atoms with Crippen molar-refractivity contribution in [2.24, 2.45) is 0 Å². The molecule has 0 saturated carbocycles. The minimum Gasteiger partial charge on any atom is -0.298 e. The van der Waals surface area contributed by atoms with Gasteiger partial charge < -0.3 is 0 Å². The molecule has 1 saturated heterocycles. The van der Waals surface area contributed by atoms with Gasteiger partial charge in [-0.2, -0.15) is 0 Å². The van der Waals surface area contributed by atoms with Crippen LogP contribution in [0.1, 0.15) is 13.3 Å². The Morgan fingerprint density at radius 1 is 1.50 bits per heavy atom. The zero-order chi connectivity index (χ0) is 10.9. The van der Waals surface area contributed by atoms with Gasteiger partial charge in [0, 0.05) is 7.05 Å². The van der Waals surface area contributed by atoms with Crippen LogP contribution in [0.5, 0.6) is 0 Å². The zero-order valence-corrected chi connectivity index (χ0v) is 7.96. The fraction of sp³-hybridized carbons (Fsp3) is 0.750. The number of alkyl halides is 2. The summed E-state index contributed by atoms with van der Waals surface area (Å²) in [4.78, 5) is 23.2. The van der Waals surface area contributed by atoms with E-state index in [9.17, 15) is 18.4 Å². The zero-order valence-electron chi connectivity index (χ0n) is 7.96. The highest BCUT2D eigenvalue weighted by molar-refractivity contribution is 6.05. The van der Waals surface area contributed by atoms with Gasteiger partial charge in [0.25, 0.3) is 6.43 Å². The van der Waals surface area contributed by atoms with Crippen molar-refractivity contribution in [1.82, 2.24) is 10.2 Å². The van der Waals surface area contributed by atoms with Gasteiger partial charge in [0.15, 0.2) is 0 Å². The van der Waals surface area contributed by atoms with E-state index in [2.05, 4.69) is 5.32 Å². The molecule has 2 amide bonds. The number of nitrogens with zero attached hydrogens (tertiary/aromatic N) is 1. The summed E-state index contributed by atoms with van der Waals surface area (Å²) in [6.45, 7) is 1.28. The van der Waals surface area contributed by atoms with Crippen molar-refractivity contribution in [3.05, 3.63) is 0 Å². The van der Waals surface area contributed by atoms with Crippen molar-refractivity contribution in [3.8, 4) is 0 Å². The lowest BCUT2D eigenvalue weighted by Gasteiger charge is -2.16. The van der Waals surface area contributed by atoms with E-state index in [4.69, 9.17) is 0 Å². The van der Waals surface area contributed by atoms with E-state index in [1.54, 1.807) is 0 Å². The van der Waals surface area contributed by atoms with Gasteiger partial charge in [-0.05, 0) is 6.92 Å². The molecule has 14 heavy (non-hydrogen) atoms. The van der Waals surface area contributed by atoms with Gasteiger partial charge >= 0.3 is 0 Å². The van der Waals surface area contributed by atoms with E-state index in [0.29, 0.717) is 0 Å². The van der Waals surface area contributed by atoms with Gasteiger partial charge in [0.05, 0.1) is 18.5 Å². The van der Waals surface area contributed by atoms with Crippen LogP contribution in [0.4, 0.5) is 8.78 Å². The quantitative estimate of drug-likeness (QED) is 0.660. The Hall–Kier alpha value is -1.04. The first-order chi connectivity index (χ1) is 6.43. The van der Waals surface area contributed by atoms with E-state index < -0.39 is 24.4 Å². The summed E-state index contributed by atoms with van der Waals surface area (Å²) >= 11 is 0. The van der Waals surface area contributed by atoms with Gasteiger partial charge in [-0.25, -0.2) is 8.78 Å². The van der Waals surface area contributed by atoms with Gasteiger partial charge in [-0.3, -0.25) is 19.8 Å². The molecule has 1 rings (SSSR count). The minimum atomic E-state index is -2.54. The molecular weight excluding hydrogens is 194 g/mol. The molecule has 1 heterocycles. The third kappa shape index (κ3) is 2.06. The van der Waals surface area contributed by atoms with E-state index in [1.807, 2.05) is 0 Å². The lowest BCUT2D eigenvalue weighted by molar-refractivity contribution is -0.137. The summed E-state index contributed by atoms with van der Waals surface area (Å²) in [5, 5.41) is 2.43. The molecule has 1 aliphatic heterocycles. The number of likely N-dealkylation sites (N-methyl/N-ethyl adjacent to an activating group) is 1. The molecule has 0 spiro atoms. The summed E-state index contributed by atoms with van der Waals surface area (Å²) < 4.78 is 24.3. The van der Waals surface area contributed by atoms with Crippen LogP contribution < -0.4 is 5.32 Å². The molecule has 2 atom stereocenters. The van der Waals surface area contributed by atoms with Gasteiger partial charge in [-0.1, -0.05) is 0 Å². The Morgan fingerprint density at radius 3 is 2.43 bits per heavy atom. The molecule has 0 radical (unpaired) electrons. The van der Waals surface area contributed by atoms with E-state index in [-0.39, 0.29) is 12.3 Å². The molecule has 6 heteroatoms. The second-order valence-electron chi connectivity index (χ2n) is 3.34. The molecule has 80 valence electrons. The van der Waals surface area contributed by atoms with Crippen LogP contribution in [-0.4, -0.2) is 42.3 Å². The highest BCUT2D eigenvalue weighted by Crippen LogP contribution is 2.12. The van der Waals surface area contributed by atoms with Crippen LogP contribution >= 0.6 is 0 Å². The first-order valence-corrected chi connectivity index (χ1v) is 4.28. The molecule has 1 fully saturated rings. The molecule has 1 aliphatic rings. The number of nitrogens with one attached hydrogen (secondary N) is 1. The highest BCUT2D eigenvalue weighted by atomic mass is 19.3. The SMILES string of the molecule is CC(NC1CC(=O)N(C)C1=O)C(F)F. The first kappa shape index (κ1) is 11.0. The van der Waals surface area contributed by atoms with Crippen LogP contribution in [0.25, 0.3) is 0 Å². The van der Waals surface area contributed by atoms with Gasteiger partial charge in [0.2, 0.25) is 11.8 Å². The highest BCUT2D eigenvalue weighted by Gasteiger charge is 2.37. The van der Waals surface area contributed by atoms with Gasteiger partial charge in [0.1, 0.15) is 0 Å². The van der Waals surface area contributed by atoms with Crippen LogP contribution in [0.2, 0.25) is 0 Å². The second kappa shape index (κ2) is 4.00. The summed E-state index contributed by atoms with van der Waals surface area (Å²) in [5.41, 5.74) is 0. The van der Waals surface area contributed by atoms with Crippen molar-refractivity contribution in [2.75, 3.05) is 7.05 Å². The fourth-order valence-electron chi connectivity index (χ4n) is 1.28. The third-order valence-corrected chi connectivity index (χ3v) is 2.22. The number of amides is 2. The fourth-order valence-corrected chi connectivity index (χ4v) is 1.28. The lowest BCUT2D eigenvalue weighted by atomic mass is 10.2. The van der Waals surface area contributed by atoms with E-state index in [1.165, 1.54) is 14.0 Å². The normalized spacial score (nSPS) is 24.9. The predicted octanol–water partition coefficient (Wildman–Crippen LogP) is -0.0131. The van der Waals surface area contributed by atoms with Crippen LogP contribution in [0.15, 0.2) is 0 Å². The Bertz CT molecular complexity index is 258. The van der Waals surface area contributed by atoms with Crippen molar-refractivity contribution in [2.45, 2.75) is 31.9 Å². The number of imide groups is 1. The van der Waals surface area contributed by atoms with E-state index >= 15 is 0 Å². The summed E-state index contributed by atoms with van der Waals surface area (Å²) in [6, 6.07) is -1.88. The van der Waals surface area contributed by atoms with Crippen molar-refractivity contribution < 1.29 is 18.4 Å². The van der Waals surface area contributed by atoms with Crippen LogP contribution in [0.3, 0.4) is 0 Å². The van der Waals surface area contributed by atoms with E-state index in [0.717, 1.165) is 4.90 Å². The third-order valence-electron chi connectivity index (χ3n) is 2.22. The maximum Gasteiger partial charge on any atom is 0.253 e. The average molecular weight is 206 g/mol. The monoisotopic (exact) mass is 206 g/mol. The molecule has 2 unspecified atom stereocenters. The number of hydrogen-bond acceptors (Lipinski definition) is 3. The van der Waals surface area contributed by atoms with Crippen LogP contribution in [-0.2, 0) is 9.59 Å². The molecular formula is C8H12F2N2O2. The number of carbonyl (C=O) groups is 2. The standard InChI is InChI=1S/C8H12F2N2O2/c1-4(7(9)10)11-5-3-6(13)12(2)8(5)14/h4-5,7,11H,3H2,1-2H3. The Morgan fingerprint density at radius 2 is 2.07 bits per heavy atom. The largest absolute Gasteiger partial charge is 0.298 e. The molecule has 0 aromatic carbocycles. The summed E-state index contributed by atoms with van der Waals surface area (Å²) in [7, 11) is 1.35. The molecule has 1 N–H and O–H groups in total. The first-order valence-electron chi connectivity index (χ1n) is 4.28. The van der Waals surface area contributed by atoms with Crippen molar-refractivity contribution >= 4 is 11.8 Å². The number of rotatable bonds is 3. The predicted molar refractivity (Wildman–Crippen MR) is 44.8 cm³/mol. The molecule has 0 aromatic rings. The maximum absolute atomic E-state index is 12.1. The Labute approximate surface area is 80.3 Å².